The van der Waals surface area contributed by atoms with Crippen molar-refractivity contribution in [2.45, 2.75) is 25.4 Å². The van der Waals surface area contributed by atoms with Crippen molar-refractivity contribution in [2.75, 3.05) is 39.4 Å². The maximum Gasteiger partial charge on any atom is 0.129 e. The molecule has 0 amide bonds. The van der Waals surface area contributed by atoms with Gasteiger partial charge in [-0.3, -0.25) is 5.01 Å². The summed E-state index contributed by atoms with van der Waals surface area (Å²) in [5.74, 6) is 2.91. The zero-order valence-corrected chi connectivity index (χ0v) is 17.9. The van der Waals surface area contributed by atoms with Crippen LogP contribution in [0.25, 0.3) is 0 Å². The van der Waals surface area contributed by atoms with Crippen LogP contribution in [-0.4, -0.2) is 44.5 Å². The molecule has 1 unspecified atom stereocenters. The molecule has 2 aromatic rings. The van der Waals surface area contributed by atoms with Crippen molar-refractivity contribution >= 4 is 5.69 Å². The zero-order chi connectivity index (χ0) is 21.1. The van der Waals surface area contributed by atoms with Gasteiger partial charge in [0.2, 0.25) is 0 Å². The number of fused-ring (bicyclic) bond motifs is 1. The molecule has 1 saturated heterocycles. The number of hydrazine groups is 1. The number of ether oxygens (including phenoxy) is 3. The molecule has 0 aliphatic carbocycles. The summed E-state index contributed by atoms with van der Waals surface area (Å²) >= 11 is 0. The number of methoxy groups -OCH3 is 3. The molecular weight excluding hydrogens is 380 g/mol. The second-order valence-corrected chi connectivity index (χ2v) is 7.80. The van der Waals surface area contributed by atoms with Crippen molar-refractivity contribution in [1.82, 2.24) is 5.01 Å². The maximum atomic E-state index is 10.3. The van der Waals surface area contributed by atoms with Gasteiger partial charge in [0.05, 0.1) is 27.0 Å². The van der Waals surface area contributed by atoms with E-state index >= 15 is 0 Å². The first-order valence-corrected chi connectivity index (χ1v) is 10.4. The van der Waals surface area contributed by atoms with E-state index in [0.717, 1.165) is 66.4 Å². The first kappa shape index (κ1) is 20.6. The lowest BCUT2D eigenvalue weighted by molar-refractivity contribution is 0.174. The summed E-state index contributed by atoms with van der Waals surface area (Å²) in [7, 11) is 5.03. The molecule has 0 spiro atoms. The molecule has 0 bridgehead atoms. The van der Waals surface area contributed by atoms with Gasteiger partial charge in [0.25, 0.3) is 0 Å². The fourth-order valence-electron chi connectivity index (χ4n) is 4.45. The number of hydrogen-bond acceptors (Lipinski definition) is 6. The molecule has 0 saturated carbocycles. The summed E-state index contributed by atoms with van der Waals surface area (Å²) in [4.78, 5) is 0. The van der Waals surface area contributed by atoms with Crippen molar-refractivity contribution in [3.8, 4) is 17.2 Å². The van der Waals surface area contributed by atoms with Crippen LogP contribution in [-0.2, 0) is 6.42 Å². The Labute approximate surface area is 178 Å². The van der Waals surface area contributed by atoms with E-state index in [1.807, 2.05) is 42.6 Å². The minimum atomic E-state index is -0.537. The third-order valence-electron chi connectivity index (χ3n) is 6.12. The van der Waals surface area contributed by atoms with Crippen LogP contribution >= 0.6 is 0 Å². The number of aliphatic hydroxyl groups is 1. The zero-order valence-electron chi connectivity index (χ0n) is 17.9. The molecule has 2 aliphatic heterocycles. The second kappa shape index (κ2) is 8.98. The Morgan fingerprint density at radius 3 is 2.27 bits per heavy atom. The Balaban J connectivity index is 1.46. The third kappa shape index (κ3) is 3.98. The predicted molar refractivity (Wildman–Crippen MR) is 117 cm³/mol. The fraction of sp³-hybridized carbons (Fsp3) is 0.417. The molecule has 2 heterocycles. The Bertz CT molecular complexity index is 881. The summed E-state index contributed by atoms with van der Waals surface area (Å²) in [5.41, 5.74) is 3.12. The number of hydrogen-bond donors (Lipinski definition) is 1. The van der Waals surface area contributed by atoms with Crippen LogP contribution in [0.3, 0.4) is 0 Å². The minimum Gasteiger partial charge on any atom is -0.496 e. The van der Waals surface area contributed by atoms with Crippen LogP contribution in [0, 0.1) is 5.92 Å². The van der Waals surface area contributed by atoms with Gasteiger partial charge in [-0.05, 0) is 37.3 Å². The van der Waals surface area contributed by atoms with Crippen LogP contribution in [0.4, 0.5) is 5.69 Å². The Kier molecular flexibility index (Phi) is 6.16. The molecule has 2 aliphatic rings. The van der Waals surface area contributed by atoms with Gasteiger partial charge >= 0.3 is 0 Å². The summed E-state index contributed by atoms with van der Waals surface area (Å²) in [5, 5.41) is 14.8. The predicted octanol–water partition coefficient (Wildman–Crippen LogP) is 3.95. The molecule has 1 fully saturated rings. The number of piperidine rings is 1. The number of rotatable bonds is 6. The Morgan fingerprint density at radius 1 is 0.967 bits per heavy atom. The number of para-hydroxylation sites is 1. The highest BCUT2D eigenvalue weighted by atomic mass is 16.5. The van der Waals surface area contributed by atoms with Crippen LogP contribution in [0.5, 0.6) is 17.2 Å². The lowest BCUT2D eigenvalue weighted by Gasteiger charge is -2.41. The van der Waals surface area contributed by atoms with E-state index in [4.69, 9.17) is 14.2 Å². The summed E-state index contributed by atoms with van der Waals surface area (Å²) in [6.45, 7) is 1.92. The molecule has 1 atom stereocenters. The SMILES string of the molecule is COc1cc(OC)c(CC2CCN(N3C=CC(O)c4ccccc43)CC2)c(OC)c1. The largest absolute Gasteiger partial charge is 0.496 e. The maximum absolute atomic E-state index is 10.3. The quantitative estimate of drug-likeness (QED) is 0.778. The fourth-order valence-corrected chi connectivity index (χ4v) is 4.45. The van der Waals surface area contributed by atoms with E-state index in [1.165, 1.54) is 0 Å². The van der Waals surface area contributed by atoms with Crippen molar-refractivity contribution in [1.29, 1.82) is 0 Å². The Morgan fingerprint density at radius 2 is 1.63 bits per heavy atom. The summed E-state index contributed by atoms with van der Waals surface area (Å²) in [6.07, 6.45) is 6.37. The van der Waals surface area contributed by atoms with Crippen molar-refractivity contribution < 1.29 is 19.3 Å². The first-order valence-electron chi connectivity index (χ1n) is 10.4. The highest BCUT2D eigenvalue weighted by Gasteiger charge is 2.28. The lowest BCUT2D eigenvalue weighted by Crippen LogP contribution is -2.46. The smallest absolute Gasteiger partial charge is 0.129 e. The number of anilines is 1. The molecule has 6 heteroatoms. The van der Waals surface area contributed by atoms with E-state index in [9.17, 15) is 5.11 Å². The van der Waals surface area contributed by atoms with Gasteiger partial charge in [-0.1, -0.05) is 18.2 Å². The number of nitrogens with zero attached hydrogens (tertiary/aromatic N) is 2. The molecule has 0 aromatic heterocycles. The van der Waals surface area contributed by atoms with E-state index in [0.29, 0.717) is 5.92 Å². The van der Waals surface area contributed by atoms with Gasteiger partial charge in [-0.25, -0.2) is 5.01 Å². The number of aliphatic hydroxyl groups excluding tert-OH is 1. The highest BCUT2D eigenvalue weighted by molar-refractivity contribution is 5.59. The van der Waals surface area contributed by atoms with E-state index in [1.54, 1.807) is 21.3 Å². The van der Waals surface area contributed by atoms with E-state index in [-0.39, 0.29) is 0 Å². The van der Waals surface area contributed by atoms with Gasteiger partial charge < -0.3 is 19.3 Å². The number of benzene rings is 2. The average molecular weight is 411 g/mol. The molecule has 2 aromatic carbocycles. The molecule has 4 rings (SSSR count). The monoisotopic (exact) mass is 410 g/mol. The van der Waals surface area contributed by atoms with Gasteiger partial charge in [0, 0.05) is 42.5 Å². The van der Waals surface area contributed by atoms with Crippen LogP contribution in [0.15, 0.2) is 48.7 Å². The summed E-state index contributed by atoms with van der Waals surface area (Å²) in [6, 6.07) is 11.9. The first-order chi connectivity index (χ1) is 14.6. The van der Waals surface area contributed by atoms with Crippen molar-refractivity contribution in [3.63, 3.8) is 0 Å². The average Bonchev–Trinajstić information content (AvgIpc) is 2.80. The molecule has 6 nitrogen and oxygen atoms in total. The molecule has 160 valence electrons. The Hall–Kier alpha value is -2.70. The molecular formula is C24H30N2O4. The van der Waals surface area contributed by atoms with Gasteiger partial charge in [0.15, 0.2) is 0 Å². The molecule has 30 heavy (non-hydrogen) atoms. The topological polar surface area (TPSA) is 54.4 Å². The van der Waals surface area contributed by atoms with Crippen LogP contribution in [0.1, 0.15) is 30.1 Å². The molecule has 1 N–H and O–H groups in total. The van der Waals surface area contributed by atoms with Crippen molar-refractivity contribution in [2.24, 2.45) is 5.92 Å². The normalized spacial score (nSPS) is 19.5. The van der Waals surface area contributed by atoms with Gasteiger partial charge in [0.1, 0.15) is 23.4 Å². The van der Waals surface area contributed by atoms with Crippen LogP contribution in [0.2, 0.25) is 0 Å². The third-order valence-corrected chi connectivity index (χ3v) is 6.12. The second-order valence-electron chi connectivity index (χ2n) is 7.80. The van der Waals surface area contributed by atoms with Gasteiger partial charge in [-0.15, -0.1) is 0 Å². The van der Waals surface area contributed by atoms with Crippen molar-refractivity contribution in [3.05, 3.63) is 59.8 Å². The standard InChI is InChI=1S/C24H30N2O4/c1-28-18-15-23(29-2)20(24(16-18)30-3)14-17-8-11-25(12-9-17)26-13-10-22(27)19-6-4-5-7-21(19)26/h4-7,10,13,15-17,22,27H,8-9,11-12,14H2,1-3H3. The minimum absolute atomic E-state index is 0.537. The van der Waals surface area contributed by atoms with E-state index in [2.05, 4.69) is 16.1 Å². The van der Waals surface area contributed by atoms with Crippen LogP contribution < -0.4 is 19.2 Å². The highest BCUT2D eigenvalue weighted by Crippen LogP contribution is 2.38. The molecule has 0 radical (unpaired) electrons. The van der Waals surface area contributed by atoms with E-state index < -0.39 is 6.10 Å². The lowest BCUT2D eigenvalue weighted by atomic mass is 9.89. The summed E-state index contributed by atoms with van der Waals surface area (Å²) < 4.78 is 16.6. The van der Waals surface area contributed by atoms with Gasteiger partial charge in [-0.2, -0.15) is 0 Å².